The summed E-state index contributed by atoms with van der Waals surface area (Å²) in [6, 6.07) is 5.84. The van der Waals surface area contributed by atoms with Crippen LogP contribution in [0.3, 0.4) is 0 Å². The molecular formula is C15H21N7OS. The van der Waals surface area contributed by atoms with Crippen molar-refractivity contribution >= 4 is 17.8 Å². The minimum atomic E-state index is 0.0101. The van der Waals surface area contributed by atoms with Gasteiger partial charge >= 0.3 is 6.03 Å². The van der Waals surface area contributed by atoms with Gasteiger partial charge in [0.25, 0.3) is 0 Å². The molecule has 0 aliphatic carbocycles. The third-order valence-corrected chi connectivity index (χ3v) is 4.71. The fourth-order valence-electron chi connectivity index (χ4n) is 2.49. The van der Waals surface area contributed by atoms with Gasteiger partial charge in [-0.25, -0.2) is 14.8 Å². The molecule has 2 aromatic heterocycles. The average molecular weight is 347 g/mol. The fraction of sp³-hybridized carbons (Fsp3) is 0.467. The number of aromatic nitrogens is 4. The molecule has 1 fully saturated rings. The van der Waals surface area contributed by atoms with Gasteiger partial charge in [0.2, 0.25) is 0 Å². The normalized spacial score (nSPS) is 15.4. The first kappa shape index (κ1) is 16.7. The van der Waals surface area contributed by atoms with Crippen LogP contribution in [0.15, 0.2) is 35.7 Å². The largest absolute Gasteiger partial charge is 0.337 e. The van der Waals surface area contributed by atoms with Crippen LogP contribution in [0.4, 0.5) is 4.79 Å². The quantitative estimate of drug-likeness (QED) is 0.594. The van der Waals surface area contributed by atoms with Crippen LogP contribution in [-0.2, 0) is 6.54 Å². The number of pyridine rings is 1. The minimum absolute atomic E-state index is 0.0101. The summed E-state index contributed by atoms with van der Waals surface area (Å²) in [7, 11) is 0. The number of rotatable bonds is 6. The first-order chi connectivity index (χ1) is 11.8. The Bertz CT molecular complexity index is 614. The molecule has 24 heavy (non-hydrogen) atoms. The average Bonchev–Trinajstić information content (AvgIpc) is 3.13. The van der Waals surface area contributed by atoms with Crippen molar-refractivity contribution in [3.63, 3.8) is 0 Å². The number of H-pyrrole nitrogens is 1. The number of urea groups is 1. The Morgan fingerprint density at radius 2 is 2.12 bits per heavy atom. The van der Waals surface area contributed by atoms with Crippen molar-refractivity contribution in [2.75, 3.05) is 38.5 Å². The molecule has 0 spiro atoms. The zero-order valence-corrected chi connectivity index (χ0v) is 14.2. The third kappa shape index (κ3) is 4.93. The molecule has 1 aliphatic heterocycles. The Morgan fingerprint density at radius 1 is 1.25 bits per heavy atom. The molecule has 9 heteroatoms. The van der Waals surface area contributed by atoms with Crippen molar-refractivity contribution in [3.8, 4) is 0 Å². The molecule has 1 aliphatic rings. The molecule has 0 aromatic carbocycles. The van der Waals surface area contributed by atoms with Gasteiger partial charge in [-0.2, -0.15) is 5.10 Å². The van der Waals surface area contributed by atoms with Gasteiger partial charge in [0, 0.05) is 44.7 Å². The molecule has 2 N–H and O–H groups in total. The Hall–Kier alpha value is -2.13. The van der Waals surface area contributed by atoms with Gasteiger partial charge in [-0.1, -0.05) is 6.07 Å². The van der Waals surface area contributed by atoms with Crippen LogP contribution < -0.4 is 5.32 Å². The zero-order valence-electron chi connectivity index (χ0n) is 13.4. The Balaban J connectivity index is 1.32. The summed E-state index contributed by atoms with van der Waals surface area (Å²) >= 11 is 1.64. The van der Waals surface area contributed by atoms with Crippen molar-refractivity contribution < 1.29 is 4.79 Å². The monoisotopic (exact) mass is 347 g/mol. The van der Waals surface area contributed by atoms with E-state index < -0.39 is 0 Å². The first-order valence-electron chi connectivity index (χ1n) is 7.94. The van der Waals surface area contributed by atoms with Crippen LogP contribution in [0.1, 0.15) is 5.82 Å². The van der Waals surface area contributed by atoms with Gasteiger partial charge in [0.1, 0.15) is 12.2 Å². The van der Waals surface area contributed by atoms with Crippen LogP contribution >= 0.6 is 11.8 Å². The van der Waals surface area contributed by atoms with Gasteiger partial charge in [-0.3, -0.25) is 10.00 Å². The van der Waals surface area contributed by atoms with Crippen LogP contribution in [0, 0.1) is 0 Å². The van der Waals surface area contributed by atoms with Crippen LogP contribution in [0.2, 0.25) is 0 Å². The SMILES string of the molecule is O=C(NCCSc1ccccn1)N1CCN(Cc2ncn[nH]2)CC1. The van der Waals surface area contributed by atoms with Crippen LogP contribution in [0.25, 0.3) is 0 Å². The maximum atomic E-state index is 12.2. The van der Waals surface area contributed by atoms with Crippen molar-refractivity contribution in [1.82, 2.24) is 35.3 Å². The highest BCUT2D eigenvalue weighted by Gasteiger charge is 2.21. The second-order valence-corrected chi connectivity index (χ2v) is 6.56. The Morgan fingerprint density at radius 3 is 2.83 bits per heavy atom. The maximum Gasteiger partial charge on any atom is 0.317 e. The van der Waals surface area contributed by atoms with E-state index in [2.05, 4.69) is 30.4 Å². The van der Waals surface area contributed by atoms with Crippen molar-refractivity contribution in [3.05, 3.63) is 36.5 Å². The number of amides is 2. The van der Waals surface area contributed by atoms with E-state index in [0.717, 1.165) is 49.3 Å². The highest BCUT2D eigenvalue weighted by molar-refractivity contribution is 7.99. The lowest BCUT2D eigenvalue weighted by atomic mass is 10.3. The number of carbonyl (C=O) groups excluding carboxylic acids is 1. The molecule has 0 atom stereocenters. The van der Waals surface area contributed by atoms with E-state index in [9.17, 15) is 4.79 Å². The molecule has 0 bridgehead atoms. The molecule has 3 heterocycles. The summed E-state index contributed by atoms with van der Waals surface area (Å²) in [4.78, 5) is 24.7. The van der Waals surface area contributed by atoms with E-state index >= 15 is 0 Å². The van der Waals surface area contributed by atoms with Gasteiger partial charge in [-0.05, 0) is 12.1 Å². The summed E-state index contributed by atoms with van der Waals surface area (Å²) in [5, 5.41) is 10.7. The fourth-order valence-corrected chi connectivity index (χ4v) is 3.21. The van der Waals surface area contributed by atoms with E-state index in [0.29, 0.717) is 6.54 Å². The Labute approximate surface area is 145 Å². The molecule has 8 nitrogen and oxygen atoms in total. The highest BCUT2D eigenvalue weighted by Crippen LogP contribution is 2.12. The Kier molecular flexibility index (Phi) is 6.02. The molecule has 0 radical (unpaired) electrons. The van der Waals surface area contributed by atoms with Crippen molar-refractivity contribution in [2.45, 2.75) is 11.6 Å². The number of piperazine rings is 1. The van der Waals surface area contributed by atoms with Crippen LogP contribution in [-0.4, -0.2) is 74.5 Å². The van der Waals surface area contributed by atoms with Gasteiger partial charge in [0.05, 0.1) is 11.6 Å². The predicted octanol–water partition coefficient (Wildman–Crippen LogP) is 0.819. The molecule has 128 valence electrons. The summed E-state index contributed by atoms with van der Waals surface area (Å²) < 4.78 is 0. The van der Waals surface area contributed by atoms with E-state index in [-0.39, 0.29) is 6.03 Å². The number of nitrogens with zero attached hydrogens (tertiary/aromatic N) is 5. The van der Waals surface area contributed by atoms with Crippen molar-refractivity contribution in [1.29, 1.82) is 0 Å². The minimum Gasteiger partial charge on any atom is -0.337 e. The van der Waals surface area contributed by atoms with E-state index in [1.54, 1.807) is 18.0 Å². The zero-order chi connectivity index (χ0) is 16.6. The van der Waals surface area contributed by atoms with Gasteiger partial charge < -0.3 is 10.2 Å². The lowest BCUT2D eigenvalue weighted by molar-refractivity contribution is 0.134. The molecule has 0 unspecified atom stereocenters. The molecule has 0 saturated carbocycles. The van der Waals surface area contributed by atoms with Crippen LogP contribution in [0.5, 0.6) is 0 Å². The number of carbonyl (C=O) groups is 1. The summed E-state index contributed by atoms with van der Waals surface area (Å²) in [5.41, 5.74) is 0. The summed E-state index contributed by atoms with van der Waals surface area (Å²) in [5.74, 6) is 1.67. The van der Waals surface area contributed by atoms with Gasteiger partial charge in [-0.15, -0.1) is 11.8 Å². The molecular weight excluding hydrogens is 326 g/mol. The first-order valence-corrected chi connectivity index (χ1v) is 8.93. The lowest BCUT2D eigenvalue weighted by Crippen LogP contribution is -2.51. The second kappa shape index (κ2) is 8.65. The standard InChI is InChI=1S/C15H21N7OS/c23-15(17-5-10-24-14-3-1-2-4-16-14)22-8-6-21(7-9-22)11-13-18-12-19-20-13/h1-4,12H,5-11H2,(H,17,23)(H,18,19,20). The lowest BCUT2D eigenvalue weighted by Gasteiger charge is -2.34. The maximum absolute atomic E-state index is 12.2. The van der Waals surface area contributed by atoms with Crippen molar-refractivity contribution in [2.24, 2.45) is 0 Å². The highest BCUT2D eigenvalue weighted by atomic mass is 32.2. The summed E-state index contributed by atoms with van der Waals surface area (Å²) in [6.07, 6.45) is 3.29. The number of hydrogen-bond donors (Lipinski definition) is 2. The molecule has 2 amide bonds. The smallest absolute Gasteiger partial charge is 0.317 e. The molecule has 1 saturated heterocycles. The molecule has 3 rings (SSSR count). The summed E-state index contributed by atoms with van der Waals surface area (Å²) in [6.45, 7) is 4.53. The third-order valence-electron chi connectivity index (χ3n) is 3.76. The topological polar surface area (TPSA) is 90.0 Å². The number of nitrogens with one attached hydrogen (secondary N) is 2. The van der Waals surface area contributed by atoms with E-state index in [4.69, 9.17) is 0 Å². The van der Waals surface area contributed by atoms with Gasteiger partial charge in [0.15, 0.2) is 0 Å². The predicted molar refractivity (Wildman–Crippen MR) is 91.6 cm³/mol. The number of hydrogen-bond acceptors (Lipinski definition) is 6. The van der Waals surface area contributed by atoms with E-state index in [1.165, 1.54) is 6.33 Å². The second-order valence-electron chi connectivity index (χ2n) is 5.44. The number of thioether (sulfide) groups is 1. The van der Waals surface area contributed by atoms with E-state index in [1.807, 2.05) is 23.1 Å². The molecule has 2 aromatic rings. The number of aromatic amines is 1.